The van der Waals surface area contributed by atoms with Crippen LogP contribution in [0, 0.1) is 5.82 Å². The molecule has 1 atom stereocenters. The Morgan fingerprint density at radius 3 is 2.85 bits per heavy atom. The molecule has 1 aromatic heterocycles. The first-order valence-electron chi connectivity index (χ1n) is 8.30. The Morgan fingerprint density at radius 1 is 1.26 bits per heavy atom. The van der Waals surface area contributed by atoms with Gasteiger partial charge in [0.05, 0.1) is 36.1 Å². The van der Waals surface area contributed by atoms with Crippen molar-refractivity contribution in [2.75, 3.05) is 23.1 Å². The summed E-state index contributed by atoms with van der Waals surface area (Å²) in [6.07, 6.45) is -0.00929. The molecule has 1 aliphatic heterocycles. The van der Waals surface area contributed by atoms with E-state index in [4.69, 9.17) is 4.74 Å². The highest BCUT2D eigenvalue weighted by Gasteiger charge is 2.22. The van der Waals surface area contributed by atoms with Crippen molar-refractivity contribution < 1.29 is 13.9 Å². The SMILES string of the molecule is COc1ccc(CC(=O)Nc2ccc3c(c2)NC(c2cscn2)N3)cc1F. The minimum Gasteiger partial charge on any atom is -0.494 e. The van der Waals surface area contributed by atoms with Crippen molar-refractivity contribution >= 4 is 34.3 Å². The molecule has 4 rings (SSSR count). The summed E-state index contributed by atoms with van der Waals surface area (Å²) in [6, 6.07) is 10.1. The lowest BCUT2D eigenvalue weighted by Crippen LogP contribution is -2.14. The van der Waals surface area contributed by atoms with Gasteiger partial charge in [-0.1, -0.05) is 6.07 Å². The smallest absolute Gasteiger partial charge is 0.228 e. The van der Waals surface area contributed by atoms with Gasteiger partial charge in [-0.05, 0) is 35.9 Å². The lowest BCUT2D eigenvalue weighted by Gasteiger charge is -2.09. The van der Waals surface area contributed by atoms with E-state index in [2.05, 4.69) is 20.9 Å². The van der Waals surface area contributed by atoms with Crippen molar-refractivity contribution in [2.24, 2.45) is 0 Å². The Kier molecular flexibility index (Phi) is 4.64. The molecule has 0 radical (unpaired) electrons. The Balaban J connectivity index is 1.41. The predicted octanol–water partition coefficient (Wildman–Crippen LogP) is 4.01. The van der Waals surface area contributed by atoms with Crippen molar-refractivity contribution in [1.82, 2.24) is 4.98 Å². The molecule has 138 valence electrons. The molecule has 8 heteroatoms. The maximum atomic E-state index is 13.8. The van der Waals surface area contributed by atoms with Crippen LogP contribution in [-0.2, 0) is 11.2 Å². The van der Waals surface area contributed by atoms with Crippen LogP contribution < -0.4 is 20.7 Å². The number of methoxy groups -OCH3 is 1. The topological polar surface area (TPSA) is 75.3 Å². The number of anilines is 3. The average molecular weight is 384 g/mol. The van der Waals surface area contributed by atoms with Gasteiger partial charge < -0.3 is 20.7 Å². The zero-order chi connectivity index (χ0) is 18.8. The summed E-state index contributed by atoms with van der Waals surface area (Å²) >= 11 is 1.54. The van der Waals surface area contributed by atoms with E-state index in [0.717, 1.165) is 17.1 Å². The quantitative estimate of drug-likeness (QED) is 0.620. The van der Waals surface area contributed by atoms with Gasteiger partial charge in [0.15, 0.2) is 11.6 Å². The summed E-state index contributed by atoms with van der Waals surface area (Å²) in [5, 5.41) is 11.5. The molecule has 1 aliphatic rings. The number of fused-ring (bicyclic) bond motifs is 1. The van der Waals surface area contributed by atoms with Crippen LogP contribution in [0.3, 0.4) is 0 Å². The first-order chi connectivity index (χ1) is 13.1. The molecule has 0 saturated carbocycles. The van der Waals surface area contributed by atoms with E-state index < -0.39 is 5.82 Å². The molecule has 2 aromatic carbocycles. The minimum absolute atomic E-state index is 0.0745. The van der Waals surface area contributed by atoms with E-state index in [-0.39, 0.29) is 24.2 Å². The molecule has 0 aliphatic carbocycles. The van der Waals surface area contributed by atoms with Gasteiger partial charge in [-0.3, -0.25) is 4.79 Å². The number of aromatic nitrogens is 1. The Labute approximate surface area is 159 Å². The summed E-state index contributed by atoms with van der Waals surface area (Å²) in [4.78, 5) is 16.6. The summed E-state index contributed by atoms with van der Waals surface area (Å²) in [5.74, 6) is -0.545. The molecule has 0 spiro atoms. The number of hydrogen-bond donors (Lipinski definition) is 3. The monoisotopic (exact) mass is 384 g/mol. The number of carbonyl (C=O) groups excluding carboxylic acids is 1. The molecule has 3 aromatic rings. The molecule has 3 N–H and O–H groups in total. The number of nitrogens with one attached hydrogen (secondary N) is 3. The van der Waals surface area contributed by atoms with E-state index in [1.165, 1.54) is 30.6 Å². The molecule has 6 nitrogen and oxygen atoms in total. The fraction of sp³-hybridized carbons (Fsp3) is 0.158. The second-order valence-electron chi connectivity index (χ2n) is 6.09. The van der Waals surface area contributed by atoms with Crippen LogP contribution in [0.1, 0.15) is 17.4 Å². The van der Waals surface area contributed by atoms with Gasteiger partial charge in [0.25, 0.3) is 0 Å². The first kappa shape index (κ1) is 17.3. The Morgan fingerprint density at radius 2 is 2.11 bits per heavy atom. The second-order valence-corrected chi connectivity index (χ2v) is 6.81. The average Bonchev–Trinajstić information content (AvgIpc) is 3.31. The molecule has 1 unspecified atom stereocenters. The third-order valence-electron chi connectivity index (χ3n) is 4.23. The van der Waals surface area contributed by atoms with Crippen molar-refractivity contribution in [3.63, 3.8) is 0 Å². The summed E-state index contributed by atoms with van der Waals surface area (Å²) in [5.41, 5.74) is 5.79. The third kappa shape index (κ3) is 3.70. The number of thiazole rings is 1. The number of nitrogens with zero attached hydrogens (tertiary/aromatic N) is 1. The molecule has 27 heavy (non-hydrogen) atoms. The van der Waals surface area contributed by atoms with Crippen LogP contribution >= 0.6 is 11.3 Å². The first-order valence-corrected chi connectivity index (χ1v) is 9.24. The summed E-state index contributed by atoms with van der Waals surface area (Å²) < 4.78 is 18.6. The van der Waals surface area contributed by atoms with Crippen molar-refractivity contribution in [3.05, 3.63) is 64.4 Å². The van der Waals surface area contributed by atoms with E-state index in [0.29, 0.717) is 11.3 Å². The number of carbonyl (C=O) groups is 1. The lowest BCUT2D eigenvalue weighted by atomic mass is 10.1. The van der Waals surface area contributed by atoms with Gasteiger partial charge in [0.1, 0.15) is 6.17 Å². The highest BCUT2D eigenvalue weighted by atomic mass is 32.1. The third-order valence-corrected chi connectivity index (χ3v) is 4.84. The van der Waals surface area contributed by atoms with Gasteiger partial charge in [-0.2, -0.15) is 0 Å². The number of amides is 1. The van der Waals surface area contributed by atoms with Crippen LogP contribution in [0.25, 0.3) is 0 Å². The molecule has 0 bridgehead atoms. The van der Waals surface area contributed by atoms with Crippen molar-refractivity contribution in [3.8, 4) is 5.75 Å². The molecule has 1 amide bonds. The van der Waals surface area contributed by atoms with E-state index >= 15 is 0 Å². The number of ether oxygens (including phenoxy) is 1. The molecular formula is C19H17FN4O2S. The van der Waals surface area contributed by atoms with E-state index in [1.807, 2.05) is 23.6 Å². The maximum absolute atomic E-state index is 13.8. The standard InChI is InChI=1S/C19H17FN4O2S/c1-26-17-5-2-11(6-13(17)20)7-18(25)22-12-3-4-14-15(8-12)24-19(23-14)16-9-27-10-21-16/h2-6,8-10,19,23-24H,7H2,1H3,(H,22,25). The predicted molar refractivity (Wildman–Crippen MR) is 104 cm³/mol. The second kappa shape index (κ2) is 7.24. The van der Waals surface area contributed by atoms with Gasteiger partial charge in [-0.25, -0.2) is 9.37 Å². The van der Waals surface area contributed by atoms with Gasteiger partial charge in [0.2, 0.25) is 5.91 Å². The highest BCUT2D eigenvalue weighted by molar-refractivity contribution is 7.07. The number of halogens is 1. The van der Waals surface area contributed by atoms with Crippen LogP contribution in [-0.4, -0.2) is 18.0 Å². The number of rotatable bonds is 5. The summed E-state index contributed by atoms with van der Waals surface area (Å²) in [7, 11) is 1.40. The van der Waals surface area contributed by atoms with Crippen molar-refractivity contribution in [2.45, 2.75) is 12.6 Å². The number of benzene rings is 2. The van der Waals surface area contributed by atoms with Crippen LogP contribution in [0.2, 0.25) is 0 Å². The Bertz CT molecular complexity index is 978. The van der Waals surface area contributed by atoms with Gasteiger partial charge >= 0.3 is 0 Å². The van der Waals surface area contributed by atoms with E-state index in [1.54, 1.807) is 11.6 Å². The molecule has 0 saturated heterocycles. The summed E-state index contributed by atoms with van der Waals surface area (Å²) in [6.45, 7) is 0. The van der Waals surface area contributed by atoms with Crippen LogP contribution in [0.5, 0.6) is 5.75 Å². The minimum atomic E-state index is -0.483. The van der Waals surface area contributed by atoms with Gasteiger partial charge in [0, 0.05) is 11.1 Å². The lowest BCUT2D eigenvalue weighted by molar-refractivity contribution is -0.115. The molecule has 0 fully saturated rings. The Hall–Kier alpha value is -3.13. The normalized spacial score (nSPS) is 14.8. The van der Waals surface area contributed by atoms with E-state index in [9.17, 15) is 9.18 Å². The largest absolute Gasteiger partial charge is 0.494 e. The molecule has 2 heterocycles. The zero-order valence-corrected chi connectivity index (χ0v) is 15.3. The zero-order valence-electron chi connectivity index (χ0n) is 14.5. The number of hydrogen-bond acceptors (Lipinski definition) is 6. The maximum Gasteiger partial charge on any atom is 0.228 e. The highest BCUT2D eigenvalue weighted by Crippen LogP contribution is 2.36. The van der Waals surface area contributed by atoms with Crippen LogP contribution in [0.4, 0.5) is 21.5 Å². The fourth-order valence-corrected chi connectivity index (χ4v) is 3.52. The van der Waals surface area contributed by atoms with Gasteiger partial charge in [-0.15, -0.1) is 11.3 Å². The molecular weight excluding hydrogens is 367 g/mol. The van der Waals surface area contributed by atoms with Crippen LogP contribution in [0.15, 0.2) is 47.3 Å². The van der Waals surface area contributed by atoms with Crippen molar-refractivity contribution in [1.29, 1.82) is 0 Å². The fourth-order valence-electron chi connectivity index (χ4n) is 2.94.